The number of aryl methyl sites for hydroxylation is 1. The van der Waals surface area contributed by atoms with Gasteiger partial charge in [-0.3, -0.25) is 4.79 Å². The number of hydrogen-bond donors (Lipinski definition) is 1. The Kier molecular flexibility index (Phi) is 4.53. The summed E-state index contributed by atoms with van der Waals surface area (Å²) in [5.41, 5.74) is 0.380. The van der Waals surface area contributed by atoms with Crippen LogP contribution < -0.4 is 5.32 Å². The fourth-order valence-corrected chi connectivity index (χ4v) is 2.10. The Morgan fingerprint density at radius 3 is 2.86 bits per heavy atom. The average Bonchev–Trinajstić information content (AvgIpc) is 2.79. The third-order valence-electron chi connectivity index (χ3n) is 3.02. The lowest BCUT2D eigenvalue weighted by Gasteiger charge is -2.16. The Morgan fingerprint density at radius 2 is 2.23 bits per heavy atom. The Hall–Kier alpha value is -2.32. The molecule has 0 fully saturated rings. The van der Waals surface area contributed by atoms with E-state index in [9.17, 15) is 4.79 Å². The van der Waals surface area contributed by atoms with E-state index >= 15 is 0 Å². The van der Waals surface area contributed by atoms with Crippen LogP contribution >= 0.6 is 11.6 Å². The van der Waals surface area contributed by atoms with Crippen molar-refractivity contribution in [3.05, 3.63) is 40.7 Å². The number of rotatable bonds is 4. The SMILES string of the molecule is Cc1oc(-c2cccc(Cl)c2)nc1CC(=O)NC(C)(C)C#N. The molecule has 1 N–H and O–H groups in total. The van der Waals surface area contributed by atoms with Crippen molar-refractivity contribution in [1.82, 2.24) is 10.3 Å². The van der Waals surface area contributed by atoms with Crippen LogP contribution in [-0.2, 0) is 11.2 Å². The summed E-state index contributed by atoms with van der Waals surface area (Å²) in [7, 11) is 0. The maximum atomic E-state index is 12.0. The molecule has 0 spiro atoms. The molecule has 0 saturated heterocycles. The van der Waals surface area contributed by atoms with E-state index in [1.165, 1.54) is 0 Å². The third-order valence-corrected chi connectivity index (χ3v) is 3.26. The smallest absolute Gasteiger partial charge is 0.227 e. The van der Waals surface area contributed by atoms with E-state index in [0.717, 1.165) is 5.56 Å². The summed E-state index contributed by atoms with van der Waals surface area (Å²) in [5.74, 6) is 0.711. The number of benzene rings is 1. The molecule has 2 rings (SSSR count). The summed E-state index contributed by atoms with van der Waals surface area (Å²) in [6.07, 6.45) is 0.0566. The van der Waals surface area contributed by atoms with Crippen molar-refractivity contribution >= 4 is 17.5 Å². The number of nitrogens with one attached hydrogen (secondary N) is 1. The lowest BCUT2D eigenvalue weighted by Crippen LogP contribution is -2.42. The fourth-order valence-electron chi connectivity index (χ4n) is 1.91. The van der Waals surface area contributed by atoms with Gasteiger partial charge in [-0.25, -0.2) is 4.98 Å². The highest BCUT2D eigenvalue weighted by molar-refractivity contribution is 6.30. The summed E-state index contributed by atoms with van der Waals surface area (Å²) >= 11 is 5.95. The summed E-state index contributed by atoms with van der Waals surface area (Å²) < 4.78 is 5.60. The van der Waals surface area contributed by atoms with Crippen LogP contribution in [0.4, 0.5) is 0 Å². The monoisotopic (exact) mass is 317 g/mol. The molecule has 2 aromatic rings. The second-order valence-corrected chi connectivity index (χ2v) is 5.93. The predicted octanol–water partition coefficient (Wildman–Crippen LogP) is 3.26. The van der Waals surface area contributed by atoms with Crippen molar-refractivity contribution in [1.29, 1.82) is 5.26 Å². The lowest BCUT2D eigenvalue weighted by atomic mass is 10.1. The van der Waals surface area contributed by atoms with Gasteiger partial charge in [-0.2, -0.15) is 5.26 Å². The molecule has 114 valence electrons. The summed E-state index contributed by atoms with van der Waals surface area (Å²) in [4.78, 5) is 16.3. The van der Waals surface area contributed by atoms with Gasteiger partial charge in [-0.05, 0) is 39.0 Å². The number of nitrogens with zero attached hydrogens (tertiary/aromatic N) is 2. The van der Waals surface area contributed by atoms with Crippen LogP contribution in [0.5, 0.6) is 0 Å². The molecule has 0 aliphatic rings. The van der Waals surface area contributed by atoms with Crippen LogP contribution in [0.3, 0.4) is 0 Å². The summed E-state index contributed by atoms with van der Waals surface area (Å²) in [6.45, 7) is 5.02. The second-order valence-electron chi connectivity index (χ2n) is 5.49. The van der Waals surface area contributed by atoms with Gasteiger partial charge in [0.25, 0.3) is 0 Å². The Bertz CT molecular complexity index is 744. The maximum absolute atomic E-state index is 12.0. The molecule has 0 radical (unpaired) electrons. The molecule has 0 atom stereocenters. The van der Waals surface area contributed by atoms with Crippen molar-refractivity contribution in [2.45, 2.75) is 32.7 Å². The van der Waals surface area contributed by atoms with E-state index in [4.69, 9.17) is 21.3 Å². The van der Waals surface area contributed by atoms with Crippen LogP contribution in [0.15, 0.2) is 28.7 Å². The van der Waals surface area contributed by atoms with Crippen LogP contribution in [0.1, 0.15) is 25.3 Å². The summed E-state index contributed by atoms with van der Waals surface area (Å²) in [5, 5.41) is 12.2. The van der Waals surface area contributed by atoms with Crippen molar-refractivity contribution in [2.24, 2.45) is 0 Å². The highest BCUT2D eigenvalue weighted by Crippen LogP contribution is 2.24. The first-order valence-corrected chi connectivity index (χ1v) is 7.13. The number of halogens is 1. The molecule has 0 aliphatic carbocycles. The van der Waals surface area contributed by atoms with Crippen LogP contribution in [0, 0.1) is 18.3 Å². The van der Waals surface area contributed by atoms with E-state index < -0.39 is 5.54 Å². The first-order chi connectivity index (χ1) is 10.3. The Labute approximate surface area is 133 Å². The highest BCUT2D eigenvalue weighted by atomic mass is 35.5. The van der Waals surface area contributed by atoms with Gasteiger partial charge in [0.2, 0.25) is 11.8 Å². The lowest BCUT2D eigenvalue weighted by molar-refractivity contribution is -0.121. The van der Waals surface area contributed by atoms with Gasteiger partial charge in [0.15, 0.2) is 0 Å². The second kappa shape index (κ2) is 6.20. The molecule has 0 saturated carbocycles. The van der Waals surface area contributed by atoms with E-state index in [0.29, 0.717) is 22.4 Å². The van der Waals surface area contributed by atoms with E-state index in [1.54, 1.807) is 39.0 Å². The van der Waals surface area contributed by atoms with E-state index in [2.05, 4.69) is 10.3 Å². The highest BCUT2D eigenvalue weighted by Gasteiger charge is 2.21. The molecular formula is C16H16ClN3O2. The number of oxazole rings is 1. The third kappa shape index (κ3) is 3.86. The number of amides is 1. The standard InChI is InChI=1S/C16H16ClN3O2/c1-10-13(8-14(21)20-16(2,3)9-18)19-15(22-10)11-5-4-6-12(17)7-11/h4-7H,8H2,1-3H3,(H,20,21). The number of carbonyl (C=O) groups is 1. The molecule has 22 heavy (non-hydrogen) atoms. The molecule has 0 bridgehead atoms. The van der Waals surface area contributed by atoms with Gasteiger partial charge in [-0.15, -0.1) is 0 Å². The van der Waals surface area contributed by atoms with Gasteiger partial charge < -0.3 is 9.73 Å². The number of aromatic nitrogens is 1. The van der Waals surface area contributed by atoms with E-state index in [-0.39, 0.29) is 12.3 Å². The average molecular weight is 318 g/mol. The van der Waals surface area contributed by atoms with Crippen LogP contribution in [-0.4, -0.2) is 16.4 Å². The minimum Gasteiger partial charge on any atom is -0.441 e. The van der Waals surface area contributed by atoms with Gasteiger partial charge in [0, 0.05) is 10.6 Å². The van der Waals surface area contributed by atoms with Gasteiger partial charge in [-0.1, -0.05) is 17.7 Å². The first kappa shape index (κ1) is 16.1. The predicted molar refractivity (Wildman–Crippen MR) is 83.2 cm³/mol. The minimum atomic E-state index is -0.912. The zero-order chi connectivity index (χ0) is 16.3. The maximum Gasteiger partial charge on any atom is 0.227 e. The van der Waals surface area contributed by atoms with Gasteiger partial charge >= 0.3 is 0 Å². The number of nitriles is 1. The molecular weight excluding hydrogens is 302 g/mol. The van der Waals surface area contributed by atoms with Crippen molar-refractivity contribution in [3.8, 4) is 17.5 Å². The molecule has 1 amide bonds. The topological polar surface area (TPSA) is 78.9 Å². The molecule has 0 aliphatic heterocycles. The normalized spacial score (nSPS) is 11.0. The zero-order valence-corrected chi connectivity index (χ0v) is 13.4. The van der Waals surface area contributed by atoms with Crippen molar-refractivity contribution in [3.63, 3.8) is 0 Å². The largest absolute Gasteiger partial charge is 0.441 e. The van der Waals surface area contributed by atoms with Crippen LogP contribution in [0.2, 0.25) is 5.02 Å². The Balaban J connectivity index is 2.17. The van der Waals surface area contributed by atoms with Gasteiger partial charge in [0.05, 0.1) is 18.2 Å². The van der Waals surface area contributed by atoms with E-state index in [1.807, 2.05) is 12.1 Å². The molecule has 6 heteroatoms. The van der Waals surface area contributed by atoms with Gasteiger partial charge in [0.1, 0.15) is 11.3 Å². The number of hydrogen-bond acceptors (Lipinski definition) is 4. The van der Waals surface area contributed by atoms with Crippen molar-refractivity contribution < 1.29 is 9.21 Å². The molecule has 1 heterocycles. The molecule has 1 aromatic carbocycles. The molecule has 0 unspecified atom stereocenters. The number of carbonyl (C=O) groups excluding carboxylic acids is 1. The first-order valence-electron chi connectivity index (χ1n) is 6.75. The quantitative estimate of drug-likeness (QED) is 0.938. The Morgan fingerprint density at radius 1 is 1.50 bits per heavy atom. The minimum absolute atomic E-state index is 0.0566. The zero-order valence-electron chi connectivity index (χ0n) is 12.6. The van der Waals surface area contributed by atoms with Crippen LogP contribution in [0.25, 0.3) is 11.5 Å². The fraction of sp³-hybridized carbons (Fsp3) is 0.312. The van der Waals surface area contributed by atoms with Crippen molar-refractivity contribution in [2.75, 3.05) is 0 Å². The molecule has 1 aromatic heterocycles. The molecule has 5 nitrogen and oxygen atoms in total. The summed E-state index contributed by atoms with van der Waals surface area (Å²) in [6, 6.07) is 9.17.